The lowest BCUT2D eigenvalue weighted by Gasteiger charge is -1.99. The van der Waals surface area contributed by atoms with E-state index in [0.29, 0.717) is 6.67 Å². The maximum atomic E-state index is 5.26. The molecule has 0 aromatic heterocycles. The molecule has 2 rings (SSSR count). The third kappa shape index (κ3) is 7.12. The van der Waals surface area contributed by atoms with Crippen LogP contribution >= 0.6 is 11.9 Å². The molecule has 0 aliphatic carbocycles. The van der Waals surface area contributed by atoms with Crippen LogP contribution in [0.4, 0.5) is 0 Å². The number of benzene rings is 2. The SMILES string of the molecule is Cc1ccccc1.NCNSCc1ccccc1. The summed E-state index contributed by atoms with van der Waals surface area (Å²) in [6.45, 7) is 2.61. The van der Waals surface area contributed by atoms with Gasteiger partial charge in [0.2, 0.25) is 0 Å². The fraction of sp³-hybridized carbons (Fsp3) is 0.200. The molecule has 0 atom stereocenters. The summed E-state index contributed by atoms with van der Waals surface area (Å²) in [5, 5.41) is 0. The number of hydrogen-bond acceptors (Lipinski definition) is 3. The largest absolute Gasteiger partial charge is 0.318 e. The molecule has 0 aliphatic heterocycles. The van der Waals surface area contributed by atoms with Gasteiger partial charge < -0.3 is 5.73 Å². The number of hydrogen-bond donors (Lipinski definition) is 2. The highest BCUT2D eigenvalue weighted by Gasteiger charge is 1.88. The first kappa shape index (κ1) is 14.8. The molecule has 0 fully saturated rings. The number of aryl methyl sites for hydroxylation is 1. The van der Waals surface area contributed by atoms with Gasteiger partial charge in [-0.2, -0.15) is 0 Å². The topological polar surface area (TPSA) is 38.0 Å². The standard InChI is InChI=1S/C8H12N2S.C7H8/c9-7-10-11-6-8-4-2-1-3-5-8;1-7-5-3-2-4-6-7/h1-5,10H,6-7,9H2;2-6H,1H3. The van der Waals surface area contributed by atoms with Crippen molar-refractivity contribution in [2.24, 2.45) is 5.73 Å². The van der Waals surface area contributed by atoms with Gasteiger partial charge in [0.25, 0.3) is 0 Å². The van der Waals surface area contributed by atoms with E-state index in [1.165, 1.54) is 11.1 Å². The molecule has 0 radical (unpaired) electrons. The Bertz CT molecular complexity index is 403. The molecule has 3 N–H and O–H groups in total. The fourth-order valence-corrected chi connectivity index (χ4v) is 1.88. The number of nitrogens with one attached hydrogen (secondary N) is 1. The van der Waals surface area contributed by atoms with Gasteiger partial charge in [-0.25, -0.2) is 0 Å². The molecule has 0 bridgehead atoms. The minimum Gasteiger partial charge on any atom is -0.318 e. The summed E-state index contributed by atoms with van der Waals surface area (Å²) in [7, 11) is 0. The zero-order valence-corrected chi connectivity index (χ0v) is 11.5. The molecule has 18 heavy (non-hydrogen) atoms. The predicted octanol–water partition coefficient (Wildman–Crippen LogP) is 3.34. The normalized spacial score (nSPS) is 9.44. The smallest absolute Gasteiger partial charge is 0.0527 e. The second kappa shape index (κ2) is 9.71. The Balaban J connectivity index is 0.000000199. The summed E-state index contributed by atoms with van der Waals surface area (Å²) in [5.74, 6) is 0.970. The lowest BCUT2D eigenvalue weighted by atomic mass is 10.2. The average Bonchev–Trinajstić information content (AvgIpc) is 2.42. The molecule has 0 spiro atoms. The minimum absolute atomic E-state index is 0.525. The van der Waals surface area contributed by atoms with E-state index in [2.05, 4.69) is 35.9 Å². The third-order valence-electron chi connectivity index (χ3n) is 2.21. The average molecular weight is 260 g/mol. The lowest BCUT2D eigenvalue weighted by Crippen LogP contribution is -2.14. The molecule has 0 saturated heterocycles. The molecule has 2 nitrogen and oxygen atoms in total. The van der Waals surface area contributed by atoms with Gasteiger partial charge in [-0.05, 0) is 12.5 Å². The quantitative estimate of drug-likeness (QED) is 0.503. The van der Waals surface area contributed by atoms with E-state index in [4.69, 9.17) is 5.73 Å². The van der Waals surface area contributed by atoms with Crippen molar-refractivity contribution in [2.75, 3.05) is 6.67 Å². The van der Waals surface area contributed by atoms with Crippen molar-refractivity contribution < 1.29 is 0 Å². The highest BCUT2D eigenvalue weighted by Crippen LogP contribution is 2.06. The van der Waals surface area contributed by atoms with Crippen LogP contribution in [0.2, 0.25) is 0 Å². The van der Waals surface area contributed by atoms with Gasteiger partial charge in [-0.3, -0.25) is 4.72 Å². The van der Waals surface area contributed by atoms with Crippen LogP contribution in [-0.2, 0) is 5.75 Å². The molecule has 2 aromatic rings. The third-order valence-corrected chi connectivity index (χ3v) is 3.06. The van der Waals surface area contributed by atoms with Crippen molar-refractivity contribution in [1.29, 1.82) is 0 Å². The Kier molecular flexibility index (Phi) is 7.97. The van der Waals surface area contributed by atoms with Crippen molar-refractivity contribution in [3.05, 3.63) is 71.8 Å². The van der Waals surface area contributed by atoms with Gasteiger partial charge in [0, 0.05) is 5.75 Å². The van der Waals surface area contributed by atoms with E-state index in [1.807, 2.05) is 36.4 Å². The molecule has 96 valence electrons. The first-order valence-corrected chi connectivity index (χ1v) is 6.92. The van der Waals surface area contributed by atoms with Crippen LogP contribution in [0.15, 0.2) is 60.7 Å². The van der Waals surface area contributed by atoms with Crippen LogP contribution in [0, 0.1) is 6.92 Å². The monoisotopic (exact) mass is 260 g/mol. The summed E-state index contributed by atoms with van der Waals surface area (Å²) >= 11 is 1.63. The maximum absolute atomic E-state index is 5.26. The van der Waals surface area contributed by atoms with Crippen LogP contribution in [-0.4, -0.2) is 6.67 Å². The molecule has 0 heterocycles. The first-order chi connectivity index (χ1) is 8.83. The minimum atomic E-state index is 0.525. The zero-order chi connectivity index (χ0) is 13.1. The van der Waals surface area contributed by atoms with Crippen LogP contribution in [0.1, 0.15) is 11.1 Å². The molecule has 0 saturated carbocycles. The zero-order valence-electron chi connectivity index (χ0n) is 10.7. The highest BCUT2D eigenvalue weighted by atomic mass is 32.2. The van der Waals surface area contributed by atoms with Crippen molar-refractivity contribution in [2.45, 2.75) is 12.7 Å². The molecule has 0 aliphatic rings. The van der Waals surface area contributed by atoms with Gasteiger partial charge in [0.05, 0.1) is 6.67 Å². The van der Waals surface area contributed by atoms with Crippen molar-refractivity contribution in [1.82, 2.24) is 4.72 Å². The van der Waals surface area contributed by atoms with Gasteiger partial charge in [0.1, 0.15) is 0 Å². The Morgan fingerprint density at radius 1 is 0.944 bits per heavy atom. The summed E-state index contributed by atoms with van der Waals surface area (Å²) in [4.78, 5) is 0. The number of rotatable bonds is 4. The molecule has 3 heteroatoms. The molecule has 0 unspecified atom stereocenters. The molecular weight excluding hydrogens is 240 g/mol. The van der Waals surface area contributed by atoms with Crippen LogP contribution in [0.25, 0.3) is 0 Å². The number of nitrogens with two attached hydrogens (primary N) is 1. The van der Waals surface area contributed by atoms with E-state index < -0.39 is 0 Å². The lowest BCUT2D eigenvalue weighted by molar-refractivity contribution is 0.983. The Hall–Kier alpha value is -1.29. The highest BCUT2D eigenvalue weighted by molar-refractivity contribution is 7.96. The Labute approximate surface area is 114 Å². The molecule has 0 amide bonds. The summed E-state index contributed by atoms with van der Waals surface area (Å²) in [6, 6.07) is 20.6. The van der Waals surface area contributed by atoms with Crippen LogP contribution in [0.5, 0.6) is 0 Å². The van der Waals surface area contributed by atoms with Crippen molar-refractivity contribution in [3.8, 4) is 0 Å². The molecule has 2 aromatic carbocycles. The summed E-state index contributed by atoms with van der Waals surface area (Å²) in [6.07, 6.45) is 0. The van der Waals surface area contributed by atoms with Gasteiger partial charge >= 0.3 is 0 Å². The van der Waals surface area contributed by atoms with Gasteiger partial charge in [-0.15, -0.1) is 0 Å². The van der Waals surface area contributed by atoms with Crippen LogP contribution in [0.3, 0.4) is 0 Å². The summed E-state index contributed by atoms with van der Waals surface area (Å²) < 4.78 is 2.99. The van der Waals surface area contributed by atoms with E-state index in [0.717, 1.165) is 5.75 Å². The van der Waals surface area contributed by atoms with E-state index in [1.54, 1.807) is 11.9 Å². The maximum Gasteiger partial charge on any atom is 0.0527 e. The Morgan fingerprint density at radius 3 is 1.94 bits per heavy atom. The Morgan fingerprint density at radius 2 is 1.50 bits per heavy atom. The molecular formula is C15H20N2S. The van der Waals surface area contributed by atoms with E-state index in [9.17, 15) is 0 Å². The first-order valence-electron chi connectivity index (χ1n) is 5.93. The second-order valence-electron chi connectivity index (χ2n) is 3.78. The van der Waals surface area contributed by atoms with Crippen molar-refractivity contribution in [3.63, 3.8) is 0 Å². The fourth-order valence-electron chi connectivity index (χ4n) is 1.30. The van der Waals surface area contributed by atoms with E-state index in [-0.39, 0.29) is 0 Å². The second-order valence-corrected chi connectivity index (χ2v) is 4.64. The van der Waals surface area contributed by atoms with Gasteiger partial charge in [0.15, 0.2) is 0 Å². The van der Waals surface area contributed by atoms with E-state index >= 15 is 0 Å². The van der Waals surface area contributed by atoms with Crippen molar-refractivity contribution >= 4 is 11.9 Å². The van der Waals surface area contributed by atoms with Gasteiger partial charge in [-0.1, -0.05) is 78.2 Å². The summed E-state index contributed by atoms with van der Waals surface area (Å²) in [5.41, 5.74) is 7.90. The van der Waals surface area contributed by atoms with Crippen LogP contribution < -0.4 is 10.5 Å². The predicted molar refractivity (Wildman–Crippen MR) is 81.1 cm³/mol.